The number of aliphatic imine (C=N–C) groups is 1. The first-order valence-electron chi connectivity index (χ1n) is 7.46. The number of ether oxygens (including phenoxy) is 1. The van der Waals surface area contributed by atoms with E-state index in [1.165, 1.54) is 0 Å². The smallest absolute Gasteiger partial charge is 0.407 e. The summed E-state index contributed by atoms with van der Waals surface area (Å²) in [6.07, 6.45) is -0.432. The molecule has 0 spiro atoms. The molecule has 0 atom stereocenters. The molecule has 1 aromatic rings. The number of halogens is 2. The molecule has 6 nitrogen and oxygen atoms in total. The molecule has 0 unspecified atom stereocenters. The molecule has 0 radical (unpaired) electrons. The van der Waals surface area contributed by atoms with Crippen molar-refractivity contribution in [2.75, 3.05) is 20.1 Å². The van der Waals surface area contributed by atoms with Gasteiger partial charge in [0, 0.05) is 31.7 Å². The average Bonchev–Trinajstić information content (AvgIpc) is 2.46. The number of carbonyl (C=O) groups is 1. The van der Waals surface area contributed by atoms with Gasteiger partial charge in [0.2, 0.25) is 0 Å². The van der Waals surface area contributed by atoms with Gasteiger partial charge in [0.05, 0.1) is 0 Å². The number of nitrogens with zero attached hydrogens (tertiary/aromatic N) is 1. The number of benzene rings is 1. The first kappa shape index (κ1) is 22.8. The van der Waals surface area contributed by atoms with E-state index in [9.17, 15) is 4.79 Å². The fraction of sp³-hybridized carbons (Fsp3) is 0.500. The number of hydrogen-bond acceptors (Lipinski definition) is 3. The summed E-state index contributed by atoms with van der Waals surface area (Å²) in [5.41, 5.74) is 0.494. The third-order valence-corrected chi connectivity index (χ3v) is 3.08. The minimum absolute atomic E-state index is 0. The number of nitrogens with one attached hydrogen (secondary N) is 3. The highest BCUT2D eigenvalue weighted by Crippen LogP contribution is 2.14. The molecule has 0 aliphatic heterocycles. The third kappa shape index (κ3) is 9.82. The maximum Gasteiger partial charge on any atom is 0.407 e. The Morgan fingerprint density at radius 1 is 1.17 bits per heavy atom. The van der Waals surface area contributed by atoms with Crippen LogP contribution in [0, 0.1) is 0 Å². The Balaban J connectivity index is 0.00000529. The second kappa shape index (κ2) is 11.4. The van der Waals surface area contributed by atoms with E-state index in [1.54, 1.807) is 7.05 Å². The zero-order chi connectivity index (χ0) is 17.3. The maximum atomic E-state index is 11.5. The Kier molecular flexibility index (Phi) is 10.8. The number of guanidine groups is 1. The largest absolute Gasteiger partial charge is 0.444 e. The van der Waals surface area contributed by atoms with Crippen molar-refractivity contribution in [1.29, 1.82) is 0 Å². The quantitative estimate of drug-likeness (QED) is 0.269. The van der Waals surface area contributed by atoms with Crippen molar-refractivity contribution in [2.45, 2.75) is 32.9 Å². The van der Waals surface area contributed by atoms with Crippen molar-refractivity contribution >= 4 is 47.6 Å². The number of rotatable bonds is 5. The van der Waals surface area contributed by atoms with Gasteiger partial charge in [-0.2, -0.15) is 0 Å². The monoisotopic (exact) mass is 468 g/mol. The van der Waals surface area contributed by atoms with E-state index in [0.29, 0.717) is 30.6 Å². The van der Waals surface area contributed by atoms with E-state index < -0.39 is 11.7 Å². The van der Waals surface area contributed by atoms with E-state index >= 15 is 0 Å². The van der Waals surface area contributed by atoms with E-state index in [0.717, 1.165) is 5.56 Å². The van der Waals surface area contributed by atoms with E-state index in [-0.39, 0.29) is 24.0 Å². The SMILES string of the molecule is CN=C(NCCNC(=O)OC(C)(C)C)NCc1ccccc1Cl.I. The van der Waals surface area contributed by atoms with Crippen molar-refractivity contribution < 1.29 is 9.53 Å². The van der Waals surface area contributed by atoms with Crippen LogP contribution in [0.2, 0.25) is 5.02 Å². The summed E-state index contributed by atoms with van der Waals surface area (Å²) in [6.45, 7) is 7.00. The van der Waals surface area contributed by atoms with Gasteiger partial charge in [-0.05, 0) is 32.4 Å². The average molecular weight is 469 g/mol. The summed E-state index contributed by atoms with van der Waals surface area (Å²) in [5, 5.41) is 9.65. The Morgan fingerprint density at radius 2 is 1.79 bits per heavy atom. The Morgan fingerprint density at radius 3 is 2.38 bits per heavy atom. The minimum Gasteiger partial charge on any atom is -0.444 e. The van der Waals surface area contributed by atoms with E-state index in [4.69, 9.17) is 16.3 Å². The lowest BCUT2D eigenvalue weighted by molar-refractivity contribution is 0.0529. The highest BCUT2D eigenvalue weighted by Gasteiger charge is 2.15. The predicted molar refractivity (Wildman–Crippen MR) is 109 cm³/mol. The van der Waals surface area contributed by atoms with Crippen LogP contribution in [0.5, 0.6) is 0 Å². The lowest BCUT2D eigenvalue weighted by atomic mass is 10.2. The number of hydrogen-bond donors (Lipinski definition) is 3. The summed E-state index contributed by atoms with van der Waals surface area (Å²) >= 11 is 6.10. The van der Waals surface area contributed by atoms with Crippen molar-refractivity contribution in [3.63, 3.8) is 0 Å². The summed E-state index contributed by atoms with van der Waals surface area (Å²) < 4.78 is 5.15. The van der Waals surface area contributed by atoms with Gasteiger partial charge in [0.1, 0.15) is 5.60 Å². The van der Waals surface area contributed by atoms with Gasteiger partial charge >= 0.3 is 6.09 Å². The molecule has 0 saturated heterocycles. The lowest BCUT2D eigenvalue weighted by Gasteiger charge is -2.20. The molecule has 0 fully saturated rings. The van der Waals surface area contributed by atoms with Crippen molar-refractivity contribution in [2.24, 2.45) is 4.99 Å². The maximum absolute atomic E-state index is 11.5. The molecule has 136 valence electrons. The van der Waals surface area contributed by atoms with Crippen molar-refractivity contribution in [1.82, 2.24) is 16.0 Å². The van der Waals surface area contributed by atoms with Crippen molar-refractivity contribution in [3.8, 4) is 0 Å². The molecule has 0 bridgehead atoms. The molecule has 0 aliphatic carbocycles. The fourth-order valence-electron chi connectivity index (χ4n) is 1.70. The highest BCUT2D eigenvalue weighted by atomic mass is 127. The van der Waals surface area contributed by atoms with Gasteiger partial charge in [-0.15, -0.1) is 24.0 Å². The summed E-state index contributed by atoms with van der Waals surface area (Å²) in [4.78, 5) is 15.6. The van der Waals surface area contributed by atoms with E-state index in [1.807, 2.05) is 45.0 Å². The zero-order valence-electron chi connectivity index (χ0n) is 14.5. The van der Waals surface area contributed by atoms with Gasteiger partial charge in [-0.3, -0.25) is 4.99 Å². The van der Waals surface area contributed by atoms with Crippen LogP contribution in [0.25, 0.3) is 0 Å². The molecule has 1 aromatic carbocycles. The minimum atomic E-state index is -0.496. The Labute approximate surface area is 165 Å². The van der Waals surface area contributed by atoms with Crippen LogP contribution < -0.4 is 16.0 Å². The van der Waals surface area contributed by atoms with Crippen LogP contribution in [0.4, 0.5) is 4.79 Å². The molecule has 0 aliphatic rings. The molecule has 1 rings (SSSR count). The topological polar surface area (TPSA) is 74.8 Å². The fourth-order valence-corrected chi connectivity index (χ4v) is 1.90. The predicted octanol–water partition coefficient (Wildman–Crippen LogP) is 3.15. The second-order valence-corrected chi connectivity index (χ2v) is 6.28. The number of amides is 1. The summed E-state index contributed by atoms with van der Waals surface area (Å²) in [7, 11) is 1.68. The van der Waals surface area contributed by atoms with Crippen molar-refractivity contribution in [3.05, 3.63) is 34.9 Å². The van der Waals surface area contributed by atoms with Crippen LogP contribution in [-0.2, 0) is 11.3 Å². The molecule has 0 aromatic heterocycles. The first-order chi connectivity index (χ1) is 10.8. The van der Waals surface area contributed by atoms with Crippen LogP contribution in [0.15, 0.2) is 29.3 Å². The second-order valence-electron chi connectivity index (χ2n) is 5.87. The summed E-state index contributed by atoms with van der Waals surface area (Å²) in [5.74, 6) is 0.635. The van der Waals surface area contributed by atoms with Gasteiger partial charge in [-0.1, -0.05) is 29.8 Å². The van der Waals surface area contributed by atoms with Gasteiger partial charge in [0.15, 0.2) is 5.96 Å². The third-order valence-electron chi connectivity index (χ3n) is 2.71. The molecule has 1 amide bonds. The zero-order valence-corrected chi connectivity index (χ0v) is 17.6. The van der Waals surface area contributed by atoms with Crippen LogP contribution in [-0.4, -0.2) is 37.8 Å². The molecule has 8 heteroatoms. The summed E-state index contributed by atoms with van der Waals surface area (Å²) in [6, 6.07) is 7.62. The van der Waals surface area contributed by atoms with Crippen LogP contribution in [0.3, 0.4) is 0 Å². The molecule has 24 heavy (non-hydrogen) atoms. The number of carbonyl (C=O) groups excluding carboxylic acids is 1. The molecule has 3 N–H and O–H groups in total. The van der Waals surface area contributed by atoms with Gasteiger partial charge in [-0.25, -0.2) is 4.79 Å². The Hall–Kier alpha value is -1.22. The van der Waals surface area contributed by atoms with Crippen LogP contribution in [0.1, 0.15) is 26.3 Å². The molecular formula is C16H26ClIN4O2. The number of alkyl carbamates (subject to hydrolysis) is 1. The molecule has 0 heterocycles. The molecule has 0 saturated carbocycles. The Bertz CT molecular complexity index is 547. The highest BCUT2D eigenvalue weighted by molar-refractivity contribution is 14.0. The normalized spacial score (nSPS) is 11.3. The first-order valence-corrected chi connectivity index (χ1v) is 7.84. The lowest BCUT2D eigenvalue weighted by Crippen LogP contribution is -2.42. The van der Waals surface area contributed by atoms with E-state index in [2.05, 4.69) is 20.9 Å². The van der Waals surface area contributed by atoms with Gasteiger partial charge in [0.25, 0.3) is 0 Å². The van der Waals surface area contributed by atoms with Gasteiger partial charge < -0.3 is 20.7 Å². The molecular weight excluding hydrogens is 443 g/mol. The standard InChI is InChI=1S/C16H25ClN4O2.HI/c1-16(2,3)23-15(22)20-10-9-19-14(18-4)21-11-12-7-5-6-8-13(12)17;/h5-8H,9-11H2,1-4H3,(H,20,22)(H2,18,19,21);1H. The van der Waals surface area contributed by atoms with Crippen LogP contribution >= 0.6 is 35.6 Å².